The minimum atomic E-state index is -0.863. The summed E-state index contributed by atoms with van der Waals surface area (Å²) in [7, 11) is 0. The Kier molecular flexibility index (Phi) is 2.69. The summed E-state index contributed by atoms with van der Waals surface area (Å²) in [5.41, 5.74) is 5.35. The number of nitrogens with zero attached hydrogens (tertiary/aromatic N) is 2. The summed E-state index contributed by atoms with van der Waals surface area (Å²) in [6.07, 6.45) is 2.41. The average molecular weight is 235 g/mol. The van der Waals surface area contributed by atoms with Crippen LogP contribution in [0.5, 0.6) is 5.75 Å². The molecular weight excluding hydrogens is 218 g/mol. The third-order valence-electron chi connectivity index (χ3n) is 2.68. The van der Waals surface area contributed by atoms with Gasteiger partial charge in [0.2, 0.25) is 0 Å². The summed E-state index contributed by atoms with van der Waals surface area (Å²) in [5, 5.41) is 0. The van der Waals surface area contributed by atoms with Crippen molar-refractivity contribution < 1.29 is 9.53 Å². The van der Waals surface area contributed by atoms with E-state index in [4.69, 9.17) is 10.5 Å². The Balaban J connectivity index is 2.50. The highest BCUT2D eigenvalue weighted by Gasteiger charge is 2.41. The summed E-state index contributed by atoms with van der Waals surface area (Å²) in [4.78, 5) is 18.1. The van der Waals surface area contributed by atoms with Gasteiger partial charge in [-0.1, -0.05) is 6.92 Å². The normalized spacial score (nSPS) is 17.6. The van der Waals surface area contributed by atoms with Crippen LogP contribution in [0.15, 0.2) is 12.3 Å². The lowest BCUT2D eigenvalue weighted by Crippen LogP contribution is -2.53. The minimum Gasteiger partial charge on any atom is -0.474 e. The smallest absolute Gasteiger partial charge is 0.271 e. The van der Waals surface area contributed by atoms with Gasteiger partial charge in [-0.25, -0.2) is 4.98 Å². The van der Waals surface area contributed by atoms with Gasteiger partial charge in [0.05, 0.1) is 11.9 Å². The van der Waals surface area contributed by atoms with Crippen molar-refractivity contribution in [3.8, 4) is 5.75 Å². The molecule has 1 aliphatic heterocycles. The van der Waals surface area contributed by atoms with Crippen molar-refractivity contribution in [1.82, 2.24) is 4.98 Å². The predicted octanol–water partition coefficient (Wildman–Crippen LogP) is 1.58. The van der Waals surface area contributed by atoms with Crippen LogP contribution in [0.1, 0.15) is 27.2 Å². The molecule has 0 unspecified atom stereocenters. The van der Waals surface area contributed by atoms with E-state index >= 15 is 0 Å². The molecule has 2 rings (SSSR count). The van der Waals surface area contributed by atoms with Crippen molar-refractivity contribution in [2.75, 3.05) is 17.2 Å². The SMILES string of the molecule is CCCN1C(=O)C(C)(C)Oc2cc(N)cnc21. The van der Waals surface area contributed by atoms with E-state index in [9.17, 15) is 4.79 Å². The topological polar surface area (TPSA) is 68.5 Å². The molecule has 0 atom stereocenters. The van der Waals surface area contributed by atoms with Gasteiger partial charge >= 0.3 is 0 Å². The number of nitrogen functional groups attached to an aromatic ring is 1. The molecule has 17 heavy (non-hydrogen) atoms. The largest absolute Gasteiger partial charge is 0.474 e. The minimum absolute atomic E-state index is 0.0656. The van der Waals surface area contributed by atoms with E-state index in [1.807, 2.05) is 6.92 Å². The molecule has 2 N–H and O–H groups in total. The first-order chi connectivity index (χ1) is 7.95. The number of carbonyl (C=O) groups excluding carboxylic acids is 1. The first-order valence-corrected chi connectivity index (χ1v) is 5.72. The van der Waals surface area contributed by atoms with E-state index in [-0.39, 0.29) is 5.91 Å². The van der Waals surface area contributed by atoms with Crippen LogP contribution in [0.2, 0.25) is 0 Å². The van der Waals surface area contributed by atoms with E-state index in [0.29, 0.717) is 23.8 Å². The fourth-order valence-electron chi connectivity index (χ4n) is 1.90. The third-order valence-corrected chi connectivity index (χ3v) is 2.68. The first-order valence-electron chi connectivity index (χ1n) is 5.72. The Bertz CT molecular complexity index is 457. The number of carbonyl (C=O) groups is 1. The number of anilines is 2. The standard InChI is InChI=1S/C12H17N3O2/c1-4-5-15-10-9(6-8(13)7-14-10)17-12(2,3)11(15)16/h6-7H,4-5,13H2,1-3H3. The highest BCUT2D eigenvalue weighted by Crippen LogP contribution is 2.36. The Morgan fingerprint density at radius 2 is 2.24 bits per heavy atom. The van der Waals surface area contributed by atoms with Crippen LogP contribution >= 0.6 is 0 Å². The summed E-state index contributed by atoms with van der Waals surface area (Å²) in [5.74, 6) is 1.07. The number of fused-ring (bicyclic) bond motifs is 1. The lowest BCUT2D eigenvalue weighted by Gasteiger charge is -2.37. The highest BCUT2D eigenvalue weighted by molar-refractivity contribution is 6.01. The van der Waals surface area contributed by atoms with Gasteiger partial charge in [0.25, 0.3) is 5.91 Å². The van der Waals surface area contributed by atoms with Crippen molar-refractivity contribution in [2.24, 2.45) is 0 Å². The first kappa shape index (κ1) is 11.7. The molecule has 1 amide bonds. The molecule has 0 fully saturated rings. The number of ether oxygens (including phenoxy) is 1. The molecule has 1 aliphatic rings. The average Bonchev–Trinajstić information content (AvgIpc) is 2.24. The summed E-state index contributed by atoms with van der Waals surface area (Å²) < 4.78 is 5.66. The lowest BCUT2D eigenvalue weighted by molar-refractivity contribution is -0.132. The van der Waals surface area contributed by atoms with Gasteiger partial charge in [0.15, 0.2) is 17.2 Å². The fraction of sp³-hybridized carbons (Fsp3) is 0.500. The fourth-order valence-corrected chi connectivity index (χ4v) is 1.90. The van der Waals surface area contributed by atoms with Crippen LogP contribution in [0.4, 0.5) is 11.5 Å². The Labute approximate surface area is 101 Å². The zero-order valence-electron chi connectivity index (χ0n) is 10.4. The van der Waals surface area contributed by atoms with Gasteiger partial charge in [-0.05, 0) is 20.3 Å². The van der Waals surface area contributed by atoms with Crippen LogP contribution in [-0.4, -0.2) is 23.0 Å². The Morgan fingerprint density at radius 3 is 2.88 bits per heavy atom. The Morgan fingerprint density at radius 1 is 1.53 bits per heavy atom. The highest BCUT2D eigenvalue weighted by atomic mass is 16.5. The van der Waals surface area contributed by atoms with Crippen LogP contribution in [0, 0.1) is 0 Å². The van der Waals surface area contributed by atoms with E-state index in [2.05, 4.69) is 4.98 Å². The van der Waals surface area contributed by atoms with Crippen LogP contribution in [-0.2, 0) is 4.79 Å². The van der Waals surface area contributed by atoms with E-state index in [0.717, 1.165) is 6.42 Å². The second-order valence-electron chi connectivity index (χ2n) is 4.66. The van der Waals surface area contributed by atoms with E-state index in [1.165, 1.54) is 6.20 Å². The third kappa shape index (κ3) is 1.92. The van der Waals surface area contributed by atoms with Crippen molar-refractivity contribution in [2.45, 2.75) is 32.8 Å². The molecule has 1 aromatic heterocycles. The molecule has 5 nitrogen and oxygen atoms in total. The van der Waals surface area contributed by atoms with Crippen LogP contribution in [0.3, 0.4) is 0 Å². The van der Waals surface area contributed by atoms with Crippen LogP contribution in [0.25, 0.3) is 0 Å². The second kappa shape index (κ2) is 3.91. The lowest BCUT2D eigenvalue weighted by atomic mass is 10.1. The number of rotatable bonds is 2. The number of pyridine rings is 1. The molecule has 0 aromatic carbocycles. The monoisotopic (exact) mass is 235 g/mol. The number of hydrogen-bond donors (Lipinski definition) is 1. The zero-order chi connectivity index (χ0) is 12.6. The van der Waals surface area contributed by atoms with E-state index < -0.39 is 5.60 Å². The molecule has 5 heteroatoms. The molecular formula is C12H17N3O2. The number of nitrogens with two attached hydrogens (primary N) is 1. The molecule has 0 saturated heterocycles. The zero-order valence-corrected chi connectivity index (χ0v) is 10.4. The molecule has 0 aliphatic carbocycles. The summed E-state index contributed by atoms with van der Waals surface area (Å²) >= 11 is 0. The van der Waals surface area contributed by atoms with E-state index in [1.54, 1.807) is 24.8 Å². The molecule has 1 aromatic rings. The molecule has 0 saturated carbocycles. The predicted molar refractivity (Wildman–Crippen MR) is 66.0 cm³/mol. The van der Waals surface area contributed by atoms with Crippen molar-refractivity contribution >= 4 is 17.4 Å². The van der Waals surface area contributed by atoms with Crippen molar-refractivity contribution in [3.05, 3.63) is 12.3 Å². The summed E-state index contributed by atoms with van der Waals surface area (Å²) in [6.45, 7) is 6.16. The number of amides is 1. The van der Waals surface area contributed by atoms with Crippen molar-refractivity contribution in [1.29, 1.82) is 0 Å². The van der Waals surface area contributed by atoms with Gasteiger partial charge in [0.1, 0.15) is 0 Å². The maximum Gasteiger partial charge on any atom is 0.271 e. The van der Waals surface area contributed by atoms with Crippen molar-refractivity contribution in [3.63, 3.8) is 0 Å². The quantitative estimate of drug-likeness (QED) is 0.845. The molecule has 92 valence electrons. The summed E-state index contributed by atoms with van der Waals surface area (Å²) in [6, 6.07) is 1.71. The number of hydrogen-bond acceptors (Lipinski definition) is 4. The number of aromatic nitrogens is 1. The maximum absolute atomic E-state index is 12.2. The molecule has 0 spiro atoms. The van der Waals surface area contributed by atoms with Gasteiger partial charge in [0, 0.05) is 12.6 Å². The van der Waals surface area contributed by atoms with Gasteiger partial charge < -0.3 is 10.5 Å². The molecule has 0 radical (unpaired) electrons. The Hall–Kier alpha value is -1.78. The second-order valence-corrected chi connectivity index (χ2v) is 4.66. The van der Waals surface area contributed by atoms with Crippen LogP contribution < -0.4 is 15.4 Å². The van der Waals surface area contributed by atoms with Gasteiger partial charge in [-0.3, -0.25) is 9.69 Å². The maximum atomic E-state index is 12.2. The van der Waals surface area contributed by atoms with Gasteiger partial charge in [-0.2, -0.15) is 0 Å². The molecule has 0 bridgehead atoms. The van der Waals surface area contributed by atoms with Gasteiger partial charge in [-0.15, -0.1) is 0 Å². The molecule has 2 heterocycles.